The number of rotatable bonds is 10. The zero-order chi connectivity index (χ0) is 16.9. The third-order valence-electron chi connectivity index (χ3n) is 3.14. The van der Waals surface area contributed by atoms with Crippen LogP contribution in [0.3, 0.4) is 0 Å². The second-order valence-corrected chi connectivity index (χ2v) is 5.12. The van der Waals surface area contributed by atoms with Gasteiger partial charge in [-0.05, 0) is 50.8 Å². The van der Waals surface area contributed by atoms with Gasteiger partial charge in [-0.15, -0.1) is 0 Å². The van der Waals surface area contributed by atoms with Crippen molar-refractivity contribution in [3.63, 3.8) is 0 Å². The molecule has 0 amide bonds. The SMILES string of the molecule is CCNC(=NCCCCOCC)NCCc1cc(F)cc(F)c1. The Balaban J connectivity index is 2.34. The highest BCUT2D eigenvalue weighted by Gasteiger charge is 2.02. The van der Waals surface area contributed by atoms with E-state index in [0.717, 1.165) is 51.2 Å². The Kier molecular flexibility index (Phi) is 9.95. The standard InChI is InChI=1S/C17H27F2N3O/c1-3-20-17(21-8-5-6-10-23-4-2)22-9-7-14-11-15(18)13-16(19)12-14/h11-13H,3-10H2,1-2H3,(H2,20,21,22). The molecule has 0 atom stereocenters. The minimum atomic E-state index is -0.546. The predicted octanol–water partition coefficient (Wildman–Crippen LogP) is 2.88. The summed E-state index contributed by atoms with van der Waals surface area (Å²) in [5, 5.41) is 6.33. The van der Waals surface area contributed by atoms with E-state index in [0.29, 0.717) is 18.5 Å². The number of hydrogen-bond acceptors (Lipinski definition) is 2. The van der Waals surface area contributed by atoms with Crippen molar-refractivity contribution >= 4 is 5.96 Å². The van der Waals surface area contributed by atoms with E-state index < -0.39 is 11.6 Å². The van der Waals surface area contributed by atoms with Crippen molar-refractivity contribution in [2.24, 2.45) is 4.99 Å². The van der Waals surface area contributed by atoms with Gasteiger partial charge in [-0.25, -0.2) is 8.78 Å². The highest BCUT2D eigenvalue weighted by Crippen LogP contribution is 2.08. The van der Waals surface area contributed by atoms with Gasteiger partial charge in [0.25, 0.3) is 0 Å². The third kappa shape index (κ3) is 9.13. The lowest BCUT2D eigenvalue weighted by molar-refractivity contribution is 0.144. The van der Waals surface area contributed by atoms with Crippen molar-refractivity contribution in [3.8, 4) is 0 Å². The molecule has 23 heavy (non-hydrogen) atoms. The average Bonchev–Trinajstić information content (AvgIpc) is 2.49. The molecule has 0 bridgehead atoms. The van der Waals surface area contributed by atoms with Gasteiger partial charge in [-0.3, -0.25) is 4.99 Å². The first-order valence-corrected chi connectivity index (χ1v) is 8.20. The number of unbranched alkanes of at least 4 members (excludes halogenated alkanes) is 1. The van der Waals surface area contributed by atoms with Gasteiger partial charge in [0.15, 0.2) is 5.96 Å². The van der Waals surface area contributed by atoms with Gasteiger partial charge < -0.3 is 15.4 Å². The van der Waals surface area contributed by atoms with Crippen LogP contribution >= 0.6 is 0 Å². The van der Waals surface area contributed by atoms with Crippen LogP contribution in [0.2, 0.25) is 0 Å². The largest absolute Gasteiger partial charge is 0.382 e. The van der Waals surface area contributed by atoms with Crippen molar-refractivity contribution in [1.82, 2.24) is 10.6 Å². The molecule has 130 valence electrons. The summed E-state index contributed by atoms with van der Waals surface area (Å²) in [5.74, 6) is -0.370. The second-order valence-electron chi connectivity index (χ2n) is 5.12. The van der Waals surface area contributed by atoms with Crippen LogP contribution in [0.25, 0.3) is 0 Å². The number of halogens is 2. The fourth-order valence-electron chi connectivity index (χ4n) is 2.07. The molecule has 0 heterocycles. The van der Waals surface area contributed by atoms with Gasteiger partial charge in [0.1, 0.15) is 11.6 Å². The fourth-order valence-corrected chi connectivity index (χ4v) is 2.07. The maximum atomic E-state index is 13.1. The summed E-state index contributed by atoms with van der Waals surface area (Å²) >= 11 is 0. The average molecular weight is 327 g/mol. The number of guanidine groups is 1. The van der Waals surface area contributed by atoms with Gasteiger partial charge in [0, 0.05) is 38.9 Å². The molecule has 1 rings (SSSR count). The minimum Gasteiger partial charge on any atom is -0.382 e. The van der Waals surface area contributed by atoms with Gasteiger partial charge in [-0.1, -0.05) is 0 Å². The smallest absolute Gasteiger partial charge is 0.191 e. The number of nitrogens with one attached hydrogen (secondary N) is 2. The normalized spacial score (nSPS) is 11.6. The third-order valence-corrected chi connectivity index (χ3v) is 3.14. The van der Waals surface area contributed by atoms with E-state index in [-0.39, 0.29) is 0 Å². The van der Waals surface area contributed by atoms with Crippen LogP contribution in [-0.4, -0.2) is 38.8 Å². The summed E-state index contributed by atoms with van der Waals surface area (Å²) in [6, 6.07) is 3.58. The second kappa shape index (κ2) is 11.8. The van der Waals surface area contributed by atoms with Crippen molar-refractivity contribution in [2.75, 3.05) is 32.8 Å². The molecule has 0 saturated carbocycles. The summed E-state index contributed by atoms with van der Waals surface area (Å²) in [4.78, 5) is 4.47. The first kappa shape index (κ1) is 19.4. The Hall–Kier alpha value is -1.69. The van der Waals surface area contributed by atoms with Crippen molar-refractivity contribution in [2.45, 2.75) is 33.1 Å². The fraction of sp³-hybridized carbons (Fsp3) is 0.588. The zero-order valence-electron chi connectivity index (χ0n) is 14.0. The number of benzene rings is 1. The molecular formula is C17H27F2N3O. The molecule has 0 fully saturated rings. The maximum absolute atomic E-state index is 13.1. The van der Waals surface area contributed by atoms with Crippen LogP contribution in [0.4, 0.5) is 8.78 Å². The molecule has 2 N–H and O–H groups in total. The van der Waals surface area contributed by atoms with E-state index in [9.17, 15) is 8.78 Å². The van der Waals surface area contributed by atoms with Crippen LogP contribution in [-0.2, 0) is 11.2 Å². The first-order valence-electron chi connectivity index (χ1n) is 8.20. The molecule has 1 aromatic carbocycles. The van der Waals surface area contributed by atoms with Crippen LogP contribution in [0, 0.1) is 11.6 Å². The van der Waals surface area contributed by atoms with E-state index in [4.69, 9.17) is 4.74 Å². The summed E-state index contributed by atoms with van der Waals surface area (Å²) in [6.07, 6.45) is 2.48. The monoisotopic (exact) mass is 327 g/mol. The summed E-state index contributed by atoms with van der Waals surface area (Å²) in [7, 11) is 0. The zero-order valence-corrected chi connectivity index (χ0v) is 14.0. The summed E-state index contributed by atoms with van der Waals surface area (Å²) in [6.45, 7) is 7.53. The highest BCUT2D eigenvalue weighted by atomic mass is 19.1. The Bertz CT molecular complexity index is 461. The Morgan fingerprint density at radius 1 is 1.09 bits per heavy atom. The Morgan fingerprint density at radius 2 is 1.83 bits per heavy atom. The van der Waals surface area contributed by atoms with Crippen LogP contribution < -0.4 is 10.6 Å². The van der Waals surface area contributed by atoms with Gasteiger partial charge in [-0.2, -0.15) is 0 Å². The minimum absolute atomic E-state index is 0.531. The molecule has 0 saturated heterocycles. The molecule has 0 aliphatic carbocycles. The Labute approximate surface area is 137 Å². The van der Waals surface area contributed by atoms with E-state index >= 15 is 0 Å². The molecule has 0 aliphatic heterocycles. The molecule has 0 aliphatic rings. The Morgan fingerprint density at radius 3 is 2.48 bits per heavy atom. The van der Waals surface area contributed by atoms with E-state index in [1.165, 1.54) is 12.1 Å². The van der Waals surface area contributed by atoms with E-state index in [1.54, 1.807) is 0 Å². The van der Waals surface area contributed by atoms with E-state index in [2.05, 4.69) is 15.6 Å². The number of hydrogen-bond donors (Lipinski definition) is 2. The first-order chi connectivity index (χ1) is 11.2. The topological polar surface area (TPSA) is 45.7 Å². The van der Waals surface area contributed by atoms with Crippen molar-refractivity contribution < 1.29 is 13.5 Å². The van der Waals surface area contributed by atoms with Crippen molar-refractivity contribution in [1.29, 1.82) is 0 Å². The van der Waals surface area contributed by atoms with E-state index in [1.807, 2.05) is 13.8 Å². The molecular weight excluding hydrogens is 300 g/mol. The lowest BCUT2D eigenvalue weighted by atomic mass is 10.1. The van der Waals surface area contributed by atoms with Crippen LogP contribution in [0.1, 0.15) is 32.3 Å². The quantitative estimate of drug-likeness (QED) is 0.395. The van der Waals surface area contributed by atoms with Gasteiger partial charge in [0.2, 0.25) is 0 Å². The number of aliphatic imine (C=N–C) groups is 1. The molecule has 1 aromatic rings. The van der Waals surface area contributed by atoms with Gasteiger partial charge >= 0.3 is 0 Å². The number of nitrogens with zero attached hydrogens (tertiary/aromatic N) is 1. The van der Waals surface area contributed by atoms with Crippen molar-refractivity contribution in [3.05, 3.63) is 35.4 Å². The summed E-state index contributed by atoms with van der Waals surface area (Å²) < 4.78 is 31.5. The van der Waals surface area contributed by atoms with Gasteiger partial charge in [0.05, 0.1) is 0 Å². The van der Waals surface area contributed by atoms with Crippen LogP contribution in [0.5, 0.6) is 0 Å². The lowest BCUT2D eigenvalue weighted by Crippen LogP contribution is -2.38. The number of ether oxygens (including phenoxy) is 1. The lowest BCUT2D eigenvalue weighted by Gasteiger charge is -2.11. The molecule has 0 radical (unpaired) electrons. The maximum Gasteiger partial charge on any atom is 0.191 e. The highest BCUT2D eigenvalue weighted by molar-refractivity contribution is 5.79. The predicted molar refractivity (Wildman–Crippen MR) is 89.8 cm³/mol. The molecule has 0 spiro atoms. The molecule has 0 aromatic heterocycles. The van der Waals surface area contributed by atoms with Crippen LogP contribution in [0.15, 0.2) is 23.2 Å². The summed E-state index contributed by atoms with van der Waals surface area (Å²) in [5.41, 5.74) is 0.627. The molecule has 4 nitrogen and oxygen atoms in total. The molecule has 6 heteroatoms. The molecule has 0 unspecified atom stereocenters.